The Morgan fingerprint density at radius 2 is 1.94 bits per heavy atom. The summed E-state index contributed by atoms with van der Waals surface area (Å²) in [4.78, 5) is 12.1. The quantitative estimate of drug-likeness (QED) is 0.548. The van der Waals surface area contributed by atoms with Crippen molar-refractivity contribution in [2.45, 2.75) is 44.2 Å². The fourth-order valence-electron chi connectivity index (χ4n) is 1.07. The number of rotatable bonds is 3. The van der Waals surface area contributed by atoms with Crippen LogP contribution >= 0.6 is 31.9 Å². The van der Waals surface area contributed by atoms with E-state index in [1.54, 1.807) is 0 Å². The lowest BCUT2D eigenvalue weighted by atomic mass is 10.2. The molecule has 0 fully saturated rings. The first-order valence-corrected chi connectivity index (χ1v) is 10.5. The molecule has 0 aliphatic heterocycles. The van der Waals surface area contributed by atoms with Crippen molar-refractivity contribution in [1.29, 1.82) is 0 Å². The summed E-state index contributed by atoms with van der Waals surface area (Å²) in [5, 5.41) is 0.491. The molecular formula is C12H18Br2O3Si. The van der Waals surface area contributed by atoms with Gasteiger partial charge in [-0.1, -0.05) is 36.7 Å². The zero-order valence-corrected chi connectivity index (χ0v) is 15.4. The molecule has 3 nitrogen and oxygen atoms in total. The van der Waals surface area contributed by atoms with Crippen molar-refractivity contribution < 1.29 is 8.84 Å². The lowest BCUT2D eigenvalue weighted by molar-refractivity contribution is 0.430. The maximum absolute atomic E-state index is 12.1. The largest absolute Gasteiger partial charge is 0.539 e. The van der Waals surface area contributed by atoms with Crippen LogP contribution in [0, 0.1) is 0 Å². The molecule has 0 bridgehead atoms. The summed E-state index contributed by atoms with van der Waals surface area (Å²) >= 11 is 6.49. The highest BCUT2D eigenvalue weighted by atomic mass is 79.9. The van der Waals surface area contributed by atoms with Crippen LogP contribution in [0.3, 0.4) is 0 Å². The van der Waals surface area contributed by atoms with E-state index in [4.69, 9.17) is 8.84 Å². The molecule has 0 amide bonds. The van der Waals surface area contributed by atoms with Crippen molar-refractivity contribution in [1.82, 2.24) is 0 Å². The summed E-state index contributed by atoms with van der Waals surface area (Å²) in [6, 6.07) is 0. The second kappa shape index (κ2) is 5.51. The van der Waals surface area contributed by atoms with Crippen LogP contribution in [0.1, 0.15) is 26.5 Å². The summed E-state index contributed by atoms with van der Waals surface area (Å²) in [5.74, 6) is 0.862. The van der Waals surface area contributed by atoms with E-state index in [9.17, 15) is 4.79 Å². The second-order valence-corrected chi connectivity index (χ2v) is 11.8. The molecule has 0 atom stereocenters. The Balaban J connectivity index is 3.27. The van der Waals surface area contributed by atoms with Crippen molar-refractivity contribution in [3.05, 3.63) is 26.7 Å². The lowest BCUT2D eigenvalue weighted by Crippen LogP contribution is -2.45. The minimum atomic E-state index is -2.05. The predicted octanol–water partition coefficient (Wildman–Crippen LogP) is 4.68. The van der Waals surface area contributed by atoms with Crippen molar-refractivity contribution in [2.75, 3.05) is 0 Å². The van der Waals surface area contributed by atoms with Gasteiger partial charge in [0.25, 0.3) is 8.32 Å². The van der Waals surface area contributed by atoms with E-state index >= 15 is 0 Å². The Labute approximate surface area is 125 Å². The Morgan fingerprint density at radius 1 is 1.39 bits per heavy atom. The molecule has 1 aromatic heterocycles. The number of halogens is 2. The van der Waals surface area contributed by atoms with Gasteiger partial charge in [-0.3, -0.25) is 4.79 Å². The minimum absolute atomic E-state index is 0.0331. The molecule has 0 unspecified atom stereocenters. The summed E-state index contributed by atoms with van der Waals surface area (Å²) in [6.07, 6.45) is 1.40. The van der Waals surface area contributed by atoms with Gasteiger partial charge >= 0.3 is 0 Å². The van der Waals surface area contributed by atoms with Crippen LogP contribution in [0.2, 0.25) is 18.1 Å². The summed E-state index contributed by atoms with van der Waals surface area (Å²) in [5.41, 5.74) is -0.152. The second-order valence-electron chi connectivity index (χ2n) is 5.66. The molecular weight excluding hydrogens is 380 g/mol. The van der Waals surface area contributed by atoms with Crippen molar-refractivity contribution in [3.63, 3.8) is 0 Å². The monoisotopic (exact) mass is 396 g/mol. The summed E-state index contributed by atoms with van der Waals surface area (Å²) < 4.78 is 11.8. The number of alkyl halides is 1. The summed E-state index contributed by atoms with van der Waals surface area (Å²) in [6.45, 7) is 10.6. The maximum atomic E-state index is 12.1. The molecule has 0 aromatic carbocycles. The molecule has 1 rings (SSSR count). The third kappa shape index (κ3) is 3.27. The van der Waals surface area contributed by atoms with Crippen LogP contribution in [0.4, 0.5) is 0 Å². The van der Waals surface area contributed by atoms with Crippen LogP contribution < -0.4 is 9.85 Å². The maximum Gasteiger partial charge on any atom is 0.250 e. The standard InChI is InChI=1S/C12H18Br2O3Si/c1-12(2,3)18(4,5)17-11-9(6-13)16-7-8(14)10(11)15/h7H,6H2,1-5H3. The van der Waals surface area contributed by atoms with Crippen molar-refractivity contribution >= 4 is 40.2 Å². The molecule has 0 spiro atoms. The fourth-order valence-corrected chi connectivity index (χ4v) is 2.75. The van der Waals surface area contributed by atoms with E-state index in [2.05, 4.69) is 65.7 Å². The van der Waals surface area contributed by atoms with Crippen LogP contribution in [-0.2, 0) is 5.33 Å². The van der Waals surface area contributed by atoms with Gasteiger partial charge in [-0.25, -0.2) is 0 Å². The highest BCUT2D eigenvalue weighted by Crippen LogP contribution is 2.37. The minimum Gasteiger partial charge on any atom is -0.539 e. The van der Waals surface area contributed by atoms with E-state index in [0.717, 1.165) is 0 Å². The molecule has 0 saturated carbocycles. The molecule has 6 heteroatoms. The molecule has 0 N–H and O–H groups in total. The van der Waals surface area contributed by atoms with Gasteiger partial charge in [0, 0.05) is 0 Å². The fraction of sp³-hybridized carbons (Fsp3) is 0.583. The van der Waals surface area contributed by atoms with Gasteiger partial charge in [-0.05, 0) is 34.1 Å². The molecule has 0 aliphatic carbocycles. The molecule has 1 heterocycles. The van der Waals surface area contributed by atoms with Crippen LogP contribution in [0.5, 0.6) is 5.75 Å². The Hall–Kier alpha value is -0.0731. The zero-order chi connectivity index (χ0) is 14.1. The smallest absolute Gasteiger partial charge is 0.250 e. The lowest BCUT2D eigenvalue weighted by Gasteiger charge is -2.36. The highest BCUT2D eigenvalue weighted by Gasteiger charge is 2.40. The first-order valence-electron chi connectivity index (χ1n) is 5.65. The van der Waals surface area contributed by atoms with Gasteiger partial charge in [0.2, 0.25) is 5.43 Å². The Bertz CT molecular complexity index is 489. The van der Waals surface area contributed by atoms with Crippen LogP contribution in [0.15, 0.2) is 19.9 Å². The SMILES string of the molecule is CC(C)(C)[Si](C)(C)Oc1c(CBr)occ(Br)c1=O. The molecule has 18 heavy (non-hydrogen) atoms. The van der Waals surface area contributed by atoms with Crippen molar-refractivity contribution in [2.24, 2.45) is 0 Å². The normalized spacial score (nSPS) is 12.6. The van der Waals surface area contributed by atoms with E-state index in [-0.39, 0.29) is 10.5 Å². The first-order chi connectivity index (χ1) is 8.10. The average molecular weight is 398 g/mol. The molecule has 0 radical (unpaired) electrons. The molecule has 102 valence electrons. The van der Waals surface area contributed by atoms with E-state index < -0.39 is 8.32 Å². The zero-order valence-electron chi connectivity index (χ0n) is 11.3. The third-order valence-corrected chi connectivity index (χ3v) is 8.65. The summed E-state index contributed by atoms with van der Waals surface area (Å²) in [7, 11) is -2.05. The number of hydrogen-bond acceptors (Lipinski definition) is 3. The van der Waals surface area contributed by atoms with E-state index in [0.29, 0.717) is 21.3 Å². The average Bonchev–Trinajstić information content (AvgIpc) is 2.23. The van der Waals surface area contributed by atoms with Gasteiger partial charge in [0.1, 0.15) is 10.7 Å². The van der Waals surface area contributed by atoms with Gasteiger partial charge < -0.3 is 8.84 Å². The first kappa shape index (κ1) is 16.0. The predicted molar refractivity (Wildman–Crippen MR) is 83.1 cm³/mol. The molecule has 0 saturated heterocycles. The highest BCUT2D eigenvalue weighted by molar-refractivity contribution is 9.10. The van der Waals surface area contributed by atoms with Crippen LogP contribution in [0.25, 0.3) is 0 Å². The van der Waals surface area contributed by atoms with Gasteiger partial charge in [-0.2, -0.15) is 0 Å². The molecule has 0 aliphatic rings. The van der Waals surface area contributed by atoms with Crippen LogP contribution in [-0.4, -0.2) is 8.32 Å². The Morgan fingerprint density at radius 3 is 2.39 bits per heavy atom. The topological polar surface area (TPSA) is 39.4 Å². The van der Waals surface area contributed by atoms with Crippen molar-refractivity contribution in [3.8, 4) is 5.75 Å². The van der Waals surface area contributed by atoms with Gasteiger partial charge in [0.15, 0.2) is 11.5 Å². The van der Waals surface area contributed by atoms with E-state index in [1.165, 1.54) is 6.26 Å². The third-order valence-electron chi connectivity index (χ3n) is 3.27. The van der Waals surface area contributed by atoms with E-state index in [1.807, 2.05) is 0 Å². The Kier molecular flexibility index (Phi) is 4.89. The van der Waals surface area contributed by atoms with Gasteiger partial charge in [-0.15, -0.1) is 0 Å². The van der Waals surface area contributed by atoms with Gasteiger partial charge in [0.05, 0.1) is 5.33 Å². The number of hydrogen-bond donors (Lipinski definition) is 0. The molecule has 1 aromatic rings.